The molecule has 0 aromatic heterocycles. The summed E-state index contributed by atoms with van der Waals surface area (Å²) in [5, 5.41) is 18.4. The number of nitrogens with zero attached hydrogens (tertiary/aromatic N) is 1. The van der Waals surface area contributed by atoms with Crippen LogP contribution in [-0.4, -0.2) is 34.7 Å². The first kappa shape index (κ1) is 15.6. The van der Waals surface area contributed by atoms with E-state index in [1.165, 1.54) is 11.8 Å². The number of anilines is 1. The van der Waals surface area contributed by atoms with Crippen LogP contribution in [0.3, 0.4) is 0 Å². The number of aliphatic carboxylic acids is 2. The van der Waals surface area contributed by atoms with E-state index in [0.29, 0.717) is 5.69 Å². The highest BCUT2D eigenvalue weighted by Gasteiger charge is 2.25. The molecule has 0 heterocycles. The zero-order valence-electron chi connectivity index (χ0n) is 10.1. The average molecular weight is 306 g/mol. The van der Waals surface area contributed by atoms with E-state index in [0.717, 1.165) is 0 Å². The summed E-state index contributed by atoms with van der Waals surface area (Å²) in [6.07, 6.45) is -0.209. The molecule has 5 nitrogen and oxygen atoms in total. The first-order valence-corrected chi connectivity index (χ1v) is 6.25. The van der Waals surface area contributed by atoms with Crippen LogP contribution >= 0.6 is 23.2 Å². The Morgan fingerprint density at radius 3 is 2.21 bits per heavy atom. The SMILES string of the molecule is CC(C(=O)O)N(CCC(=O)O)c1c(Cl)cccc1Cl. The van der Waals surface area contributed by atoms with E-state index in [-0.39, 0.29) is 23.0 Å². The number of hydrogen-bond acceptors (Lipinski definition) is 3. The Morgan fingerprint density at radius 2 is 1.79 bits per heavy atom. The van der Waals surface area contributed by atoms with Crippen LogP contribution < -0.4 is 4.90 Å². The van der Waals surface area contributed by atoms with Crippen LogP contribution in [0.25, 0.3) is 0 Å². The summed E-state index contributed by atoms with van der Waals surface area (Å²) in [7, 11) is 0. The van der Waals surface area contributed by atoms with E-state index in [2.05, 4.69) is 0 Å². The second kappa shape index (κ2) is 6.63. The maximum absolute atomic E-state index is 11.1. The highest BCUT2D eigenvalue weighted by atomic mass is 35.5. The molecule has 0 spiro atoms. The summed E-state index contributed by atoms with van der Waals surface area (Å²) in [4.78, 5) is 23.1. The van der Waals surface area contributed by atoms with E-state index in [4.69, 9.17) is 33.4 Å². The standard InChI is InChI=1S/C12H13Cl2NO4/c1-7(12(18)19)15(6-5-10(16)17)11-8(13)3-2-4-9(11)14/h2-4,7H,5-6H2,1H3,(H,16,17)(H,18,19). The number of halogens is 2. The molecule has 19 heavy (non-hydrogen) atoms. The first-order chi connectivity index (χ1) is 8.84. The van der Waals surface area contributed by atoms with Gasteiger partial charge in [0.2, 0.25) is 0 Å². The van der Waals surface area contributed by atoms with Crippen molar-refractivity contribution in [3.05, 3.63) is 28.2 Å². The summed E-state index contributed by atoms with van der Waals surface area (Å²) >= 11 is 12.0. The van der Waals surface area contributed by atoms with Gasteiger partial charge in [-0.2, -0.15) is 0 Å². The van der Waals surface area contributed by atoms with Gasteiger partial charge in [0, 0.05) is 6.54 Å². The molecule has 1 atom stereocenters. The minimum atomic E-state index is -1.08. The molecule has 0 aliphatic carbocycles. The molecule has 0 saturated carbocycles. The Morgan fingerprint density at radius 1 is 1.26 bits per heavy atom. The molecule has 1 aromatic rings. The molecule has 0 aliphatic heterocycles. The van der Waals surface area contributed by atoms with Gasteiger partial charge in [-0.25, -0.2) is 4.79 Å². The number of rotatable bonds is 6. The Labute approximate surface area is 120 Å². The molecule has 1 rings (SSSR count). The average Bonchev–Trinajstić information content (AvgIpc) is 2.31. The predicted octanol–water partition coefficient (Wildman–Crippen LogP) is 2.75. The second-order valence-electron chi connectivity index (χ2n) is 3.92. The van der Waals surface area contributed by atoms with Crippen molar-refractivity contribution >= 4 is 40.8 Å². The Hall–Kier alpha value is -1.46. The van der Waals surface area contributed by atoms with Crippen molar-refractivity contribution < 1.29 is 19.8 Å². The van der Waals surface area contributed by atoms with Crippen LogP contribution in [0.4, 0.5) is 5.69 Å². The lowest BCUT2D eigenvalue weighted by Gasteiger charge is -2.29. The Bertz CT molecular complexity index is 472. The van der Waals surface area contributed by atoms with Crippen molar-refractivity contribution in [3.8, 4) is 0 Å². The van der Waals surface area contributed by atoms with Crippen molar-refractivity contribution in [2.24, 2.45) is 0 Å². The van der Waals surface area contributed by atoms with Gasteiger partial charge in [-0.1, -0.05) is 29.3 Å². The topological polar surface area (TPSA) is 77.8 Å². The van der Waals surface area contributed by atoms with Gasteiger partial charge in [0.25, 0.3) is 0 Å². The summed E-state index contributed by atoms with van der Waals surface area (Å²) in [6.45, 7) is 1.45. The zero-order valence-corrected chi connectivity index (χ0v) is 11.6. The second-order valence-corrected chi connectivity index (χ2v) is 4.74. The van der Waals surface area contributed by atoms with E-state index in [1.807, 2.05) is 0 Å². The Balaban J connectivity index is 3.15. The van der Waals surface area contributed by atoms with Gasteiger partial charge < -0.3 is 15.1 Å². The largest absolute Gasteiger partial charge is 0.481 e. The molecule has 0 bridgehead atoms. The summed E-state index contributed by atoms with van der Waals surface area (Å²) in [6, 6.07) is 3.85. The molecule has 7 heteroatoms. The molecular weight excluding hydrogens is 293 g/mol. The lowest BCUT2D eigenvalue weighted by molar-refractivity contribution is -0.139. The first-order valence-electron chi connectivity index (χ1n) is 5.50. The fourth-order valence-electron chi connectivity index (χ4n) is 1.61. The van der Waals surface area contributed by atoms with E-state index >= 15 is 0 Å². The lowest BCUT2D eigenvalue weighted by Crippen LogP contribution is -2.40. The van der Waals surface area contributed by atoms with Crippen molar-refractivity contribution in [1.29, 1.82) is 0 Å². The van der Waals surface area contributed by atoms with E-state index < -0.39 is 18.0 Å². The number of para-hydroxylation sites is 1. The van der Waals surface area contributed by atoms with Gasteiger partial charge in [0.05, 0.1) is 22.2 Å². The molecule has 0 aliphatic rings. The smallest absolute Gasteiger partial charge is 0.326 e. The molecule has 0 radical (unpaired) electrons. The van der Waals surface area contributed by atoms with Crippen LogP contribution in [0.15, 0.2) is 18.2 Å². The number of benzene rings is 1. The third kappa shape index (κ3) is 4.01. The molecule has 1 unspecified atom stereocenters. The van der Waals surface area contributed by atoms with Crippen LogP contribution in [0.5, 0.6) is 0 Å². The number of carboxylic acid groups (broad SMARTS) is 2. The van der Waals surface area contributed by atoms with Crippen LogP contribution in [0.1, 0.15) is 13.3 Å². The summed E-state index contributed by atoms with van der Waals surface area (Å²) in [5.74, 6) is -2.10. The van der Waals surface area contributed by atoms with E-state index in [9.17, 15) is 9.59 Å². The number of hydrogen-bond donors (Lipinski definition) is 2. The van der Waals surface area contributed by atoms with Crippen molar-refractivity contribution in [2.45, 2.75) is 19.4 Å². The quantitative estimate of drug-likeness (QED) is 0.845. The highest BCUT2D eigenvalue weighted by Crippen LogP contribution is 2.34. The molecule has 1 aromatic carbocycles. The molecular formula is C12H13Cl2NO4. The van der Waals surface area contributed by atoms with Crippen LogP contribution in [0.2, 0.25) is 10.0 Å². The van der Waals surface area contributed by atoms with Gasteiger partial charge >= 0.3 is 11.9 Å². The highest BCUT2D eigenvalue weighted by molar-refractivity contribution is 6.39. The molecule has 2 N–H and O–H groups in total. The van der Waals surface area contributed by atoms with Gasteiger partial charge in [-0.3, -0.25) is 4.79 Å². The molecule has 0 saturated heterocycles. The van der Waals surface area contributed by atoms with Crippen molar-refractivity contribution in [2.75, 3.05) is 11.4 Å². The number of carbonyl (C=O) groups is 2. The third-order valence-corrected chi connectivity index (χ3v) is 3.23. The zero-order chi connectivity index (χ0) is 14.6. The molecule has 0 amide bonds. The molecule has 104 valence electrons. The van der Waals surface area contributed by atoms with Crippen LogP contribution in [-0.2, 0) is 9.59 Å². The fraction of sp³-hybridized carbons (Fsp3) is 0.333. The lowest BCUT2D eigenvalue weighted by atomic mass is 10.2. The van der Waals surface area contributed by atoms with Gasteiger partial charge in [-0.05, 0) is 19.1 Å². The van der Waals surface area contributed by atoms with Gasteiger partial charge in [-0.15, -0.1) is 0 Å². The predicted molar refractivity (Wildman–Crippen MR) is 73.2 cm³/mol. The fourth-order valence-corrected chi connectivity index (χ4v) is 2.23. The summed E-state index contributed by atoms with van der Waals surface area (Å²) < 4.78 is 0. The normalized spacial score (nSPS) is 11.9. The minimum Gasteiger partial charge on any atom is -0.481 e. The maximum atomic E-state index is 11.1. The number of carboxylic acids is 2. The minimum absolute atomic E-state index is 0.00620. The van der Waals surface area contributed by atoms with Gasteiger partial charge in [0.15, 0.2) is 0 Å². The Kier molecular flexibility index (Phi) is 5.44. The van der Waals surface area contributed by atoms with Crippen LogP contribution in [0, 0.1) is 0 Å². The van der Waals surface area contributed by atoms with E-state index in [1.54, 1.807) is 18.2 Å². The maximum Gasteiger partial charge on any atom is 0.326 e. The third-order valence-electron chi connectivity index (χ3n) is 2.62. The monoisotopic (exact) mass is 305 g/mol. The van der Waals surface area contributed by atoms with Crippen molar-refractivity contribution in [1.82, 2.24) is 0 Å². The van der Waals surface area contributed by atoms with Gasteiger partial charge in [0.1, 0.15) is 6.04 Å². The molecule has 0 fully saturated rings. The van der Waals surface area contributed by atoms with Crippen molar-refractivity contribution in [3.63, 3.8) is 0 Å². The summed E-state index contributed by atoms with van der Waals surface area (Å²) in [5.41, 5.74) is 0.335.